The van der Waals surface area contributed by atoms with Crippen molar-refractivity contribution in [3.63, 3.8) is 0 Å². The van der Waals surface area contributed by atoms with Crippen LogP contribution < -0.4 is 16.8 Å². The van der Waals surface area contributed by atoms with Crippen molar-refractivity contribution in [2.45, 2.75) is 0 Å². The highest BCUT2D eigenvalue weighted by Gasteiger charge is 2.11. The number of hydrogen-bond acceptors (Lipinski definition) is 3. The van der Waals surface area contributed by atoms with Crippen LogP contribution in [0.1, 0.15) is 10.4 Å². The second-order valence-electron chi connectivity index (χ2n) is 3.89. The van der Waals surface area contributed by atoms with E-state index in [1.54, 1.807) is 18.2 Å². The number of carbonyl (C=O) groups is 1. The zero-order valence-corrected chi connectivity index (χ0v) is 13.0. The fourth-order valence-corrected chi connectivity index (χ4v) is 2.83. The first-order valence-electron chi connectivity index (χ1n) is 5.39. The summed E-state index contributed by atoms with van der Waals surface area (Å²) >= 11 is 6.89. The van der Waals surface area contributed by atoms with Gasteiger partial charge in [-0.25, -0.2) is 0 Å². The van der Waals surface area contributed by atoms with Gasteiger partial charge in [-0.05, 0) is 62.2 Å². The largest absolute Gasteiger partial charge is 0.399 e. The average molecular weight is 385 g/mol. The number of hydrogen-bond donors (Lipinski definition) is 3. The fraction of sp³-hybridized carbons (Fsp3) is 0. The Morgan fingerprint density at radius 3 is 2.32 bits per heavy atom. The molecule has 6 heteroatoms. The summed E-state index contributed by atoms with van der Waals surface area (Å²) in [7, 11) is 0. The van der Waals surface area contributed by atoms with Crippen LogP contribution in [0.3, 0.4) is 0 Å². The molecule has 98 valence electrons. The molecule has 0 unspecified atom stereocenters. The summed E-state index contributed by atoms with van der Waals surface area (Å²) in [5, 5.41) is 3.16. The first kappa shape index (κ1) is 13.9. The van der Waals surface area contributed by atoms with Gasteiger partial charge in [0.15, 0.2) is 0 Å². The summed E-state index contributed by atoms with van der Waals surface area (Å²) < 4.78 is 1.72. The van der Waals surface area contributed by atoms with Gasteiger partial charge >= 0.3 is 0 Å². The van der Waals surface area contributed by atoms with Crippen molar-refractivity contribution in [1.29, 1.82) is 0 Å². The first-order chi connectivity index (χ1) is 8.99. The maximum atomic E-state index is 11.4. The second kappa shape index (κ2) is 5.63. The molecule has 2 rings (SSSR count). The molecule has 0 aromatic heterocycles. The van der Waals surface area contributed by atoms with Crippen molar-refractivity contribution in [3.8, 4) is 0 Å². The van der Waals surface area contributed by atoms with Crippen molar-refractivity contribution in [3.05, 3.63) is 50.9 Å². The third-order valence-electron chi connectivity index (χ3n) is 2.53. The predicted molar refractivity (Wildman–Crippen MR) is 84.5 cm³/mol. The summed E-state index contributed by atoms with van der Waals surface area (Å²) in [5.41, 5.74) is 13.4. The molecule has 2 aromatic rings. The third kappa shape index (κ3) is 3.08. The Morgan fingerprint density at radius 1 is 1.11 bits per heavy atom. The van der Waals surface area contributed by atoms with E-state index in [9.17, 15) is 4.79 Å². The number of amides is 1. The molecule has 0 saturated carbocycles. The zero-order valence-electron chi connectivity index (χ0n) is 9.78. The van der Waals surface area contributed by atoms with E-state index in [0.717, 1.165) is 14.6 Å². The van der Waals surface area contributed by atoms with Crippen LogP contribution in [0.4, 0.5) is 17.1 Å². The summed E-state index contributed by atoms with van der Waals surface area (Å²) in [6.07, 6.45) is 0. The van der Waals surface area contributed by atoms with Gasteiger partial charge in [-0.3, -0.25) is 4.79 Å². The van der Waals surface area contributed by atoms with Crippen LogP contribution in [0, 0.1) is 0 Å². The third-order valence-corrected chi connectivity index (χ3v) is 3.85. The Hall–Kier alpha value is -1.53. The van der Waals surface area contributed by atoms with Crippen LogP contribution >= 0.6 is 31.9 Å². The number of primary amides is 1. The van der Waals surface area contributed by atoms with Gasteiger partial charge in [0, 0.05) is 14.6 Å². The van der Waals surface area contributed by atoms with E-state index in [1.165, 1.54) is 0 Å². The Bertz CT molecular complexity index is 624. The number of rotatable bonds is 3. The van der Waals surface area contributed by atoms with Crippen LogP contribution in [0.25, 0.3) is 0 Å². The maximum absolute atomic E-state index is 11.4. The van der Waals surface area contributed by atoms with E-state index < -0.39 is 5.91 Å². The smallest absolute Gasteiger partial charge is 0.250 e. The molecule has 5 N–H and O–H groups in total. The second-order valence-corrected chi connectivity index (χ2v) is 5.60. The monoisotopic (exact) mass is 383 g/mol. The van der Waals surface area contributed by atoms with Crippen molar-refractivity contribution < 1.29 is 4.79 Å². The van der Waals surface area contributed by atoms with Gasteiger partial charge in [-0.1, -0.05) is 6.07 Å². The molecular weight excluding hydrogens is 374 g/mol. The molecule has 0 spiro atoms. The van der Waals surface area contributed by atoms with Crippen molar-refractivity contribution in [2.75, 3.05) is 11.1 Å². The number of nitrogens with two attached hydrogens (primary N) is 2. The Balaban J connectivity index is 2.49. The van der Waals surface area contributed by atoms with E-state index >= 15 is 0 Å². The lowest BCUT2D eigenvalue weighted by Crippen LogP contribution is -2.13. The minimum atomic E-state index is -0.509. The molecule has 4 nitrogen and oxygen atoms in total. The SMILES string of the molecule is NC(=O)c1ccc(N)cc1Nc1c(Br)cccc1Br. The van der Waals surface area contributed by atoms with Gasteiger partial charge in [0.2, 0.25) is 0 Å². The summed E-state index contributed by atoms with van der Waals surface area (Å²) in [6.45, 7) is 0. The van der Waals surface area contributed by atoms with Gasteiger partial charge in [0.05, 0.1) is 16.9 Å². The number of nitrogen functional groups attached to an aromatic ring is 1. The fourth-order valence-electron chi connectivity index (χ4n) is 1.63. The highest BCUT2D eigenvalue weighted by atomic mass is 79.9. The molecule has 0 radical (unpaired) electrons. The standard InChI is InChI=1S/C13H11Br2N3O/c14-9-2-1-3-10(15)12(9)18-11-6-7(16)4-5-8(11)13(17)19/h1-6,18H,16H2,(H2,17,19). The lowest BCUT2D eigenvalue weighted by atomic mass is 10.1. The molecule has 0 saturated heterocycles. The number of benzene rings is 2. The molecule has 0 heterocycles. The van der Waals surface area contributed by atoms with E-state index in [2.05, 4.69) is 37.2 Å². The Kier molecular flexibility index (Phi) is 4.11. The van der Waals surface area contributed by atoms with Gasteiger partial charge in [-0.2, -0.15) is 0 Å². The van der Waals surface area contributed by atoms with Gasteiger partial charge in [0.25, 0.3) is 5.91 Å². The Labute approximate surface area is 127 Å². The number of carbonyl (C=O) groups excluding carboxylic acids is 1. The van der Waals surface area contributed by atoms with Gasteiger partial charge in [0.1, 0.15) is 0 Å². The maximum Gasteiger partial charge on any atom is 0.250 e. The van der Waals surface area contributed by atoms with Crippen LogP contribution in [-0.4, -0.2) is 5.91 Å². The van der Waals surface area contributed by atoms with Crippen molar-refractivity contribution in [1.82, 2.24) is 0 Å². The molecule has 19 heavy (non-hydrogen) atoms. The Morgan fingerprint density at radius 2 is 1.74 bits per heavy atom. The summed E-state index contributed by atoms with van der Waals surface area (Å²) in [6, 6.07) is 10.6. The topological polar surface area (TPSA) is 81.1 Å². The molecular formula is C13H11Br2N3O. The summed E-state index contributed by atoms with van der Waals surface area (Å²) in [5.74, 6) is -0.509. The molecule has 0 bridgehead atoms. The molecule has 0 atom stereocenters. The minimum absolute atomic E-state index is 0.386. The predicted octanol–water partition coefficient (Wildman–Crippen LogP) is 3.64. The molecule has 0 aliphatic carbocycles. The highest BCUT2D eigenvalue weighted by Crippen LogP contribution is 2.34. The average Bonchev–Trinajstić information content (AvgIpc) is 2.33. The van der Waals surface area contributed by atoms with Crippen molar-refractivity contribution in [2.24, 2.45) is 5.73 Å². The van der Waals surface area contributed by atoms with Gasteiger partial charge < -0.3 is 16.8 Å². The van der Waals surface area contributed by atoms with E-state index in [-0.39, 0.29) is 0 Å². The van der Waals surface area contributed by atoms with Crippen molar-refractivity contribution >= 4 is 54.8 Å². The number of anilines is 3. The highest BCUT2D eigenvalue weighted by molar-refractivity contribution is 9.11. The zero-order chi connectivity index (χ0) is 14.0. The van der Waals surface area contributed by atoms with Crippen LogP contribution in [0.15, 0.2) is 45.3 Å². The molecule has 0 aliphatic heterocycles. The first-order valence-corrected chi connectivity index (χ1v) is 6.98. The van der Waals surface area contributed by atoms with Crippen LogP contribution in [0.2, 0.25) is 0 Å². The molecule has 2 aromatic carbocycles. The molecule has 1 amide bonds. The van der Waals surface area contributed by atoms with Crippen LogP contribution in [0.5, 0.6) is 0 Å². The quantitative estimate of drug-likeness (QED) is 0.706. The minimum Gasteiger partial charge on any atom is -0.399 e. The molecule has 0 fully saturated rings. The van der Waals surface area contributed by atoms with E-state index in [0.29, 0.717) is 16.9 Å². The normalized spacial score (nSPS) is 10.2. The lowest BCUT2D eigenvalue weighted by molar-refractivity contribution is 0.100. The number of halogens is 2. The number of para-hydroxylation sites is 1. The van der Waals surface area contributed by atoms with E-state index in [1.807, 2.05) is 18.2 Å². The lowest BCUT2D eigenvalue weighted by Gasteiger charge is -2.13. The number of nitrogens with one attached hydrogen (secondary N) is 1. The van der Waals surface area contributed by atoms with E-state index in [4.69, 9.17) is 11.5 Å². The molecule has 0 aliphatic rings. The summed E-state index contributed by atoms with van der Waals surface area (Å²) in [4.78, 5) is 11.4. The van der Waals surface area contributed by atoms with Crippen LogP contribution in [-0.2, 0) is 0 Å². The van der Waals surface area contributed by atoms with Gasteiger partial charge in [-0.15, -0.1) is 0 Å².